The van der Waals surface area contributed by atoms with Crippen molar-refractivity contribution in [1.82, 2.24) is 0 Å². The van der Waals surface area contributed by atoms with Crippen molar-refractivity contribution in [2.75, 3.05) is 19.0 Å². The number of amides is 1. The molecule has 1 N–H and O–H groups in total. The number of ether oxygens (including phenoxy) is 2. The zero-order valence-electron chi connectivity index (χ0n) is 16.4. The molecule has 148 valence electrons. The molecule has 0 fully saturated rings. The number of carbonyl (C=O) groups excluding carboxylic acids is 3. The van der Waals surface area contributed by atoms with Crippen LogP contribution in [0.25, 0.3) is 0 Å². The monoisotopic (exact) mass is 383 g/mol. The van der Waals surface area contributed by atoms with Crippen molar-refractivity contribution < 1.29 is 23.9 Å². The first-order chi connectivity index (χ1) is 13.4. The maximum atomic E-state index is 12.2. The number of carbonyl (C=O) groups is 3. The Morgan fingerprint density at radius 1 is 0.893 bits per heavy atom. The minimum absolute atomic E-state index is 0.0725. The lowest BCUT2D eigenvalue weighted by Crippen LogP contribution is -2.14. The molecular formula is C22H25NO5. The molecule has 0 saturated carbocycles. The van der Waals surface area contributed by atoms with Crippen LogP contribution in [0.3, 0.4) is 0 Å². The number of ketones is 1. The number of benzene rings is 2. The quantitative estimate of drug-likeness (QED) is 0.520. The van der Waals surface area contributed by atoms with Gasteiger partial charge in [-0.1, -0.05) is 13.8 Å². The Bertz CT molecular complexity index is 810. The first-order valence-electron chi connectivity index (χ1n) is 9.13. The molecule has 6 nitrogen and oxygen atoms in total. The Labute approximate surface area is 164 Å². The summed E-state index contributed by atoms with van der Waals surface area (Å²) in [6, 6.07) is 13.2. The molecule has 6 heteroatoms. The van der Waals surface area contributed by atoms with Crippen LogP contribution in [-0.2, 0) is 9.53 Å². The number of nitrogens with one attached hydrogen (secondary N) is 1. The minimum atomic E-state index is -0.392. The lowest BCUT2D eigenvalue weighted by Gasteiger charge is -2.08. The third-order valence-corrected chi connectivity index (χ3v) is 3.94. The van der Waals surface area contributed by atoms with Crippen LogP contribution in [0.2, 0.25) is 0 Å². The fraction of sp³-hybridized carbons (Fsp3) is 0.318. The Morgan fingerprint density at radius 2 is 1.50 bits per heavy atom. The number of rotatable bonds is 9. The molecule has 0 bridgehead atoms. The van der Waals surface area contributed by atoms with Gasteiger partial charge in [0.25, 0.3) is 0 Å². The predicted octanol–water partition coefficient (Wildman–Crippen LogP) is 4.11. The average Bonchev–Trinajstić information content (AvgIpc) is 2.70. The topological polar surface area (TPSA) is 81.7 Å². The van der Waals surface area contributed by atoms with Crippen LogP contribution in [0.4, 0.5) is 5.69 Å². The average molecular weight is 383 g/mol. The van der Waals surface area contributed by atoms with Crippen molar-refractivity contribution in [2.24, 2.45) is 5.92 Å². The van der Waals surface area contributed by atoms with Crippen molar-refractivity contribution in [3.8, 4) is 5.75 Å². The maximum absolute atomic E-state index is 12.2. The van der Waals surface area contributed by atoms with Gasteiger partial charge in [0.2, 0.25) is 5.91 Å². The van der Waals surface area contributed by atoms with E-state index < -0.39 is 5.97 Å². The Morgan fingerprint density at radius 3 is 2.07 bits per heavy atom. The van der Waals surface area contributed by atoms with E-state index in [2.05, 4.69) is 5.32 Å². The molecule has 2 rings (SSSR count). The smallest absolute Gasteiger partial charge is 0.338 e. The van der Waals surface area contributed by atoms with Crippen LogP contribution in [0.15, 0.2) is 48.5 Å². The number of esters is 1. The Kier molecular flexibility index (Phi) is 7.75. The van der Waals surface area contributed by atoms with E-state index in [-0.39, 0.29) is 30.4 Å². The minimum Gasteiger partial charge on any atom is -0.497 e. The third-order valence-electron chi connectivity index (χ3n) is 3.94. The van der Waals surface area contributed by atoms with Crippen LogP contribution in [-0.4, -0.2) is 31.4 Å². The number of methoxy groups -OCH3 is 1. The third kappa shape index (κ3) is 6.54. The molecule has 1 amide bonds. The van der Waals surface area contributed by atoms with Gasteiger partial charge in [-0.2, -0.15) is 0 Å². The second-order valence-electron chi connectivity index (χ2n) is 6.77. The number of Topliss-reactive ketones (excluding diaryl/α,β-unsaturated/α-hetero) is 1. The summed E-state index contributed by atoms with van der Waals surface area (Å²) in [7, 11) is 1.56. The van der Waals surface area contributed by atoms with Gasteiger partial charge in [-0.25, -0.2) is 4.79 Å². The zero-order valence-corrected chi connectivity index (χ0v) is 16.4. The van der Waals surface area contributed by atoms with E-state index in [1.165, 1.54) is 0 Å². The standard InChI is InChI=1S/C22H25NO5/c1-15(2)14-28-22(26)17-4-8-18(9-5-17)23-21(25)13-12-20(24)16-6-10-19(27-3)11-7-16/h4-11,15H,12-14H2,1-3H3,(H,23,25). The van der Waals surface area contributed by atoms with Gasteiger partial charge in [-0.3, -0.25) is 9.59 Å². The highest BCUT2D eigenvalue weighted by Crippen LogP contribution is 2.15. The molecule has 0 aliphatic rings. The second-order valence-corrected chi connectivity index (χ2v) is 6.77. The second kappa shape index (κ2) is 10.3. The SMILES string of the molecule is COc1ccc(C(=O)CCC(=O)Nc2ccc(C(=O)OCC(C)C)cc2)cc1. The highest BCUT2D eigenvalue weighted by molar-refractivity contribution is 6.00. The van der Waals surface area contributed by atoms with Gasteiger partial charge in [0, 0.05) is 24.1 Å². The van der Waals surface area contributed by atoms with Gasteiger partial charge in [0.1, 0.15) is 5.75 Å². The molecule has 0 atom stereocenters. The highest BCUT2D eigenvalue weighted by Gasteiger charge is 2.11. The van der Waals surface area contributed by atoms with Crippen molar-refractivity contribution in [3.05, 3.63) is 59.7 Å². The number of hydrogen-bond donors (Lipinski definition) is 1. The van der Waals surface area contributed by atoms with Gasteiger partial charge in [0.05, 0.1) is 19.3 Å². The van der Waals surface area contributed by atoms with Crippen LogP contribution >= 0.6 is 0 Å². The summed E-state index contributed by atoms with van der Waals surface area (Å²) < 4.78 is 10.2. The lowest BCUT2D eigenvalue weighted by atomic mass is 10.1. The van der Waals surface area contributed by atoms with Crippen LogP contribution in [0, 0.1) is 5.92 Å². The molecular weight excluding hydrogens is 358 g/mol. The molecule has 0 spiro atoms. The molecule has 28 heavy (non-hydrogen) atoms. The normalized spacial score (nSPS) is 10.4. The van der Waals surface area contributed by atoms with Gasteiger partial charge in [0.15, 0.2) is 5.78 Å². The van der Waals surface area contributed by atoms with Crippen molar-refractivity contribution in [3.63, 3.8) is 0 Å². The van der Waals surface area contributed by atoms with Crippen LogP contribution in [0.1, 0.15) is 47.4 Å². The molecule has 2 aromatic rings. The molecule has 0 saturated heterocycles. The van der Waals surface area contributed by atoms with Gasteiger partial charge < -0.3 is 14.8 Å². The largest absolute Gasteiger partial charge is 0.497 e. The molecule has 0 unspecified atom stereocenters. The highest BCUT2D eigenvalue weighted by atomic mass is 16.5. The summed E-state index contributed by atoms with van der Waals surface area (Å²) in [5.41, 5.74) is 1.52. The van der Waals surface area contributed by atoms with E-state index in [0.717, 1.165) is 0 Å². The molecule has 2 aromatic carbocycles. The van der Waals surface area contributed by atoms with E-state index in [1.54, 1.807) is 55.6 Å². The summed E-state index contributed by atoms with van der Waals surface area (Å²) >= 11 is 0. The maximum Gasteiger partial charge on any atom is 0.338 e. The zero-order chi connectivity index (χ0) is 20.5. The number of anilines is 1. The summed E-state index contributed by atoms with van der Waals surface area (Å²) in [5.74, 6) is 0.170. The van der Waals surface area contributed by atoms with Crippen molar-refractivity contribution in [1.29, 1.82) is 0 Å². The lowest BCUT2D eigenvalue weighted by molar-refractivity contribution is -0.116. The van der Waals surface area contributed by atoms with Crippen LogP contribution in [0.5, 0.6) is 5.75 Å². The fourth-order valence-corrected chi connectivity index (χ4v) is 2.39. The Balaban J connectivity index is 1.82. The van der Waals surface area contributed by atoms with E-state index in [1.807, 2.05) is 13.8 Å². The summed E-state index contributed by atoms with van der Waals surface area (Å²) in [5, 5.41) is 2.72. The van der Waals surface area contributed by atoms with E-state index >= 15 is 0 Å². The van der Waals surface area contributed by atoms with Crippen molar-refractivity contribution in [2.45, 2.75) is 26.7 Å². The fourth-order valence-electron chi connectivity index (χ4n) is 2.39. The summed E-state index contributed by atoms with van der Waals surface area (Å²) in [4.78, 5) is 36.1. The van der Waals surface area contributed by atoms with Crippen LogP contribution < -0.4 is 10.1 Å². The first kappa shape index (κ1) is 21.2. The van der Waals surface area contributed by atoms with E-state index in [0.29, 0.717) is 29.2 Å². The molecule has 0 aliphatic carbocycles. The Hall–Kier alpha value is -3.15. The summed E-state index contributed by atoms with van der Waals surface area (Å²) in [6.45, 7) is 4.29. The molecule has 0 aromatic heterocycles. The first-order valence-corrected chi connectivity index (χ1v) is 9.13. The van der Waals surface area contributed by atoms with Gasteiger partial charge >= 0.3 is 5.97 Å². The van der Waals surface area contributed by atoms with E-state index in [9.17, 15) is 14.4 Å². The van der Waals surface area contributed by atoms with E-state index in [4.69, 9.17) is 9.47 Å². The molecule has 0 radical (unpaired) electrons. The molecule has 0 heterocycles. The van der Waals surface area contributed by atoms with Gasteiger partial charge in [-0.05, 0) is 54.4 Å². The van der Waals surface area contributed by atoms with Gasteiger partial charge in [-0.15, -0.1) is 0 Å². The van der Waals surface area contributed by atoms with Crippen molar-refractivity contribution >= 4 is 23.3 Å². The number of hydrogen-bond acceptors (Lipinski definition) is 5. The molecule has 0 aliphatic heterocycles. The summed E-state index contributed by atoms with van der Waals surface area (Å²) in [6.07, 6.45) is 0.181. The predicted molar refractivity (Wildman–Crippen MR) is 107 cm³/mol.